The van der Waals surface area contributed by atoms with E-state index in [0.29, 0.717) is 13.2 Å². The maximum absolute atomic E-state index is 5.34. The maximum atomic E-state index is 5.34. The average Bonchev–Trinajstić information content (AvgIpc) is 3.11. The van der Waals surface area contributed by atoms with E-state index in [0.717, 1.165) is 36.9 Å². The zero-order valence-electron chi connectivity index (χ0n) is 14.2. The van der Waals surface area contributed by atoms with E-state index in [2.05, 4.69) is 39.7 Å². The highest BCUT2D eigenvalue weighted by atomic mass is 127. The molecule has 6 nitrogen and oxygen atoms in total. The maximum Gasteiger partial charge on any atom is 0.191 e. The van der Waals surface area contributed by atoms with Gasteiger partial charge in [0, 0.05) is 32.1 Å². The number of nitrogens with zero attached hydrogens (tertiary/aromatic N) is 3. The summed E-state index contributed by atoms with van der Waals surface area (Å²) in [6.07, 6.45) is 5.52. The van der Waals surface area contributed by atoms with E-state index < -0.39 is 0 Å². The average molecular weight is 443 g/mol. The normalized spacial score (nSPS) is 11.0. The lowest BCUT2D eigenvalue weighted by Crippen LogP contribution is -2.39. The standard InChI is InChI=1S/C17H25N5O.HI/c1-3-19-17(20-10-12-23-4-2)21-13-15-7-5-6-8-16(15)22-11-9-18-14-22;/h5-9,11,14H,3-4,10,12-13H2,1-2H3,(H2,19,20,21);1H. The lowest BCUT2D eigenvalue weighted by atomic mass is 10.2. The first-order valence-electron chi connectivity index (χ1n) is 8.01. The lowest BCUT2D eigenvalue weighted by Gasteiger charge is -2.12. The van der Waals surface area contributed by atoms with Crippen molar-refractivity contribution in [2.75, 3.05) is 26.3 Å². The molecular weight excluding hydrogens is 417 g/mol. The fourth-order valence-electron chi connectivity index (χ4n) is 2.19. The predicted octanol–water partition coefficient (Wildman–Crippen LogP) is 2.58. The first-order valence-corrected chi connectivity index (χ1v) is 8.01. The van der Waals surface area contributed by atoms with Gasteiger partial charge in [-0.25, -0.2) is 9.98 Å². The van der Waals surface area contributed by atoms with Gasteiger partial charge in [-0.3, -0.25) is 0 Å². The van der Waals surface area contributed by atoms with Gasteiger partial charge in [0.2, 0.25) is 0 Å². The van der Waals surface area contributed by atoms with Crippen molar-refractivity contribution in [1.82, 2.24) is 20.2 Å². The number of benzene rings is 1. The van der Waals surface area contributed by atoms with Crippen molar-refractivity contribution in [3.05, 3.63) is 48.5 Å². The summed E-state index contributed by atoms with van der Waals surface area (Å²) in [6.45, 7) is 7.61. The number of ether oxygens (including phenoxy) is 1. The van der Waals surface area contributed by atoms with E-state index in [-0.39, 0.29) is 24.0 Å². The zero-order valence-corrected chi connectivity index (χ0v) is 16.6. The van der Waals surface area contributed by atoms with Crippen LogP contribution in [0.1, 0.15) is 19.4 Å². The third-order valence-electron chi connectivity index (χ3n) is 3.27. The molecule has 1 heterocycles. The summed E-state index contributed by atoms with van der Waals surface area (Å²) < 4.78 is 7.34. The van der Waals surface area contributed by atoms with Crippen molar-refractivity contribution in [1.29, 1.82) is 0 Å². The molecule has 0 radical (unpaired) electrons. The highest BCUT2D eigenvalue weighted by Gasteiger charge is 2.04. The van der Waals surface area contributed by atoms with Gasteiger partial charge in [0.1, 0.15) is 0 Å². The molecule has 0 aliphatic carbocycles. The monoisotopic (exact) mass is 443 g/mol. The Morgan fingerprint density at radius 3 is 2.79 bits per heavy atom. The van der Waals surface area contributed by atoms with Gasteiger partial charge in [-0.2, -0.15) is 0 Å². The van der Waals surface area contributed by atoms with Crippen LogP contribution in [0, 0.1) is 0 Å². The number of hydrogen-bond acceptors (Lipinski definition) is 3. The molecule has 0 saturated carbocycles. The molecule has 2 rings (SSSR count). The van der Waals surface area contributed by atoms with Crippen LogP contribution in [0.4, 0.5) is 0 Å². The van der Waals surface area contributed by atoms with E-state index in [1.54, 1.807) is 12.5 Å². The number of halogens is 1. The predicted molar refractivity (Wildman–Crippen MR) is 108 cm³/mol. The Hall–Kier alpha value is -1.61. The quantitative estimate of drug-likeness (QED) is 0.285. The molecule has 1 aromatic carbocycles. The molecule has 2 aromatic rings. The fourth-order valence-corrected chi connectivity index (χ4v) is 2.19. The molecule has 0 unspecified atom stereocenters. The summed E-state index contributed by atoms with van der Waals surface area (Å²) in [4.78, 5) is 8.77. The molecule has 0 aliphatic heterocycles. The molecule has 24 heavy (non-hydrogen) atoms. The molecule has 0 bridgehead atoms. The Balaban J connectivity index is 0.00000288. The number of para-hydroxylation sites is 1. The van der Waals surface area contributed by atoms with Crippen LogP contribution in [0.25, 0.3) is 5.69 Å². The van der Waals surface area contributed by atoms with Crippen LogP contribution in [-0.2, 0) is 11.3 Å². The Morgan fingerprint density at radius 2 is 2.08 bits per heavy atom. The van der Waals surface area contributed by atoms with E-state index in [1.165, 1.54) is 0 Å². The summed E-state index contributed by atoms with van der Waals surface area (Å²) >= 11 is 0. The van der Waals surface area contributed by atoms with Gasteiger partial charge in [0.05, 0.1) is 25.2 Å². The SMILES string of the molecule is CCNC(=NCc1ccccc1-n1ccnc1)NCCOCC.I. The summed E-state index contributed by atoms with van der Waals surface area (Å²) in [6, 6.07) is 8.21. The number of guanidine groups is 1. The second-order valence-electron chi connectivity index (χ2n) is 4.92. The van der Waals surface area contributed by atoms with Crippen molar-refractivity contribution in [3.63, 3.8) is 0 Å². The summed E-state index contributed by atoms with van der Waals surface area (Å²) in [7, 11) is 0. The molecule has 132 valence electrons. The largest absolute Gasteiger partial charge is 0.380 e. The summed E-state index contributed by atoms with van der Waals surface area (Å²) in [5.41, 5.74) is 2.24. The van der Waals surface area contributed by atoms with Gasteiger partial charge in [-0.15, -0.1) is 24.0 Å². The van der Waals surface area contributed by atoms with Crippen molar-refractivity contribution < 1.29 is 4.74 Å². The van der Waals surface area contributed by atoms with Crippen LogP contribution in [0.3, 0.4) is 0 Å². The van der Waals surface area contributed by atoms with Gasteiger partial charge < -0.3 is 19.9 Å². The van der Waals surface area contributed by atoms with Crippen LogP contribution >= 0.6 is 24.0 Å². The Kier molecular flexibility index (Phi) is 10.1. The lowest BCUT2D eigenvalue weighted by molar-refractivity contribution is 0.152. The number of aromatic nitrogens is 2. The van der Waals surface area contributed by atoms with Crippen LogP contribution in [-0.4, -0.2) is 41.8 Å². The number of imidazole rings is 1. The zero-order chi connectivity index (χ0) is 16.3. The molecule has 0 fully saturated rings. The van der Waals surface area contributed by atoms with Gasteiger partial charge in [0.25, 0.3) is 0 Å². The van der Waals surface area contributed by atoms with E-state index >= 15 is 0 Å². The summed E-state index contributed by atoms with van der Waals surface area (Å²) in [5, 5.41) is 6.52. The Bertz CT molecular complexity index is 601. The molecule has 0 spiro atoms. The van der Waals surface area contributed by atoms with E-state index in [1.807, 2.05) is 29.8 Å². The third kappa shape index (κ3) is 6.48. The van der Waals surface area contributed by atoms with Crippen molar-refractivity contribution in [2.24, 2.45) is 4.99 Å². The van der Waals surface area contributed by atoms with Gasteiger partial charge in [0.15, 0.2) is 5.96 Å². The number of nitrogens with one attached hydrogen (secondary N) is 2. The minimum absolute atomic E-state index is 0. The van der Waals surface area contributed by atoms with Crippen LogP contribution < -0.4 is 10.6 Å². The third-order valence-corrected chi connectivity index (χ3v) is 3.27. The van der Waals surface area contributed by atoms with Crippen LogP contribution in [0.5, 0.6) is 0 Å². The number of hydrogen-bond donors (Lipinski definition) is 2. The Morgan fingerprint density at radius 1 is 1.25 bits per heavy atom. The first kappa shape index (κ1) is 20.4. The molecule has 0 amide bonds. The van der Waals surface area contributed by atoms with Crippen molar-refractivity contribution in [3.8, 4) is 5.69 Å². The molecular formula is C17H26IN5O. The molecule has 0 aliphatic rings. The van der Waals surface area contributed by atoms with Crippen LogP contribution in [0.2, 0.25) is 0 Å². The molecule has 2 N–H and O–H groups in total. The molecule has 1 aromatic heterocycles. The van der Waals surface area contributed by atoms with Crippen LogP contribution in [0.15, 0.2) is 48.0 Å². The number of rotatable bonds is 8. The van der Waals surface area contributed by atoms with Gasteiger partial charge in [-0.1, -0.05) is 18.2 Å². The van der Waals surface area contributed by atoms with E-state index in [4.69, 9.17) is 4.74 Å². The Labute approximate surface area is 160 Å². The first-order chi connectivity index (χ1) is 11.3. The highest BCUT2D eigenvalue weighted by molar-refractivity contribution is 14.0. The van der Waals surface area contributed by atoms with Gasteiger partial charge in [-0.05, 0) is 25.5 Å². The smallest absolute Gasteiger partial charge is 0.191 e. The molecule has 0 saturated heterocycles. The number of aliphatic imine (C=N–C) groups is 1. The fraction of sp³-hybridized carbons (Fsp3) is 0.412. The van der Waals surface area contributed by atoms with E-state index in [9.17, 15) is 0 Å². The highest BCUT2D eigenvalue weighted by Crippen LogP contribution is 2.14. The summed E-state index contributed by atoms with van der Waals surface area (Å²) in [5.74, 6) is 0.799. The van der Waals surface area contributed by atoms with Crippen molar-refractivity contribution in [2.45, 2.75) is 20.4 Å². The molecule has 0 atom stereocenters. The second-order valence-corrected chi connectivity index (χ2v) is 4.92. The molecule has 7 heteroatoms. The minimum Gasteiger partial charge on any atom is -0.380 e. The van der Waals surface area contributed by atoms with Crippen molar-refractivity contribution >= 4 is 29.9 Å². The minimum atomic E-state index is 0. The topological polar surface area (TPSA) is 63.5 Å². The second kappa shape index (κ2) is 11.9. The van der Waals surface area contributed by atoms with Gasteiger partial charge >= 0.3 is 0 Å².